The third kappa shape index (κ3) is 6.22. The van der Waals surface area contributed by atoms with Crippen molar-refractivity contribution in [2.45, 2.75) is 11.3 Å². The van der Waals surface area contributed by atoms with Crippen molar-refractivity contribution in [2.75, 3.05) is 13.3 Å². The molecule has 0 unspecified atom stereocenters. The molecule has 33 heavy (non-hydrogen) atoms. The van der Waals surface area contributed by atoms with Gasteiger partial charge in [-0.05, 0) is 35.2 Å². The highest BCUT2D eigenvalue weighted by Gasteiger charge is 2.19. The van der Waals surface area contributed by atoms with E-state index in [-0.39, 0.29) is 11.7 Å². The van der Waals surface area contributed by atoms with Gasteiger partial charge in [-0.2, -0.15) is 0 Å². The molecule has 5 nitrogen and oxygen atoms in total. The zero-order valence-corrected chi connectivity index (χ0v) is 18.9. The number of nitrogens with one attached hydrogen (secondary N) is 1. The second-order valence-corrected chi connectivity index (χ2v) is 9.15. The molecule has 1 aliphatic rings. The van der Waals surface area contributed by atoms with Crippen molar-refractivity contribution in [3.8, 4) is 22.6 Å². The van der Waals surface area contributed by atoms with Gasteiger partial charge in [-0.25, -0.2) is 13.1 Å². The summed E-state index contributed by atoms with van der Waals surface area (Å²) in [5.41, 5.74) is 3.64. The zero-order valence-electron chi connectivity index (χ0n) is 18.1. The van der Waals surface area contributed by atoms with Crippen LogP contribution < -0.4 is 14.2 Å². The van der Waals surface area contributed by atoms with Crippen LogP contribution in [0.4, 0.5) is 0 Å². The molecule has 0 amide bonds. The molecule has 1 heterocycles. The molecule has 4 aromatic carbocycles. The maximum absolute atomic E-state index is 12.2. The van der Waals surface area contributed by atoms with Crippen LogP contribution in [0.25, 0.3) is 11.1 Å². The van der Waals surface area contributed by atoms with Crippen LogP contribution in [0.2, 0.25) is 0 Å². The van der Waals surface area contributed by atoms with Crippen molar-refractivity contribution in [2.24, 2.45) is 0 Å². The quantitative estimate of drug-likeness (QED) is 0.426. The fourth-order valence-electron chi connectivity index (χ4n) is 3.36. The number of hydrogen-bond donors (Lipinski definition) is 1. The molecule has 1 aliphatic heterocycles. The van der Waals surface area contributed by atoms with E-state index in [1.165, 1.54) is 23.3 Å². The van der Waals surface area contributed by atoms with Crippen LogP contribution in [-0.4, -0.2) is 21.8 Å². The number of fused-ring (bicyclic) bond motifs is 1. The minimum Gasteiger partial charge on any atom is -0.454 e. The van der Waals surface area contributed by atoms with Gasteiger partial charge in [-0.15, -0.1) is 0 Å². The van der Waals surface area contributed by atoms with Crippen molar-refractivity contribution >= 4 is 10.0 Å². The maximum Gasteiger partial charge on any atom is 0.240 e. The SMILES string of the molecule is O=S(=O)(NCCc1ccccc1)c1ccc2c(c1)OCO2.c1ccc(-c2ccccc2)cc1. The molecular weight excluding hydrogens is 434 g/mol. The lowest BCUT2D eigenvalue weighted by Gasteiger charge is -2.07. The molecular formula is C27H25NO4S. The second kappa shape index (κ2) is 10.8. The molecule has 0 radical (unpaired) electrons. The van der Waals surface area contributed by atoms with E-state index >= 15 is 0 Å². The standard InChI is InChI=1S/C15H15NO4S.C12H10/c17-21(18,16-9-8-12-4-2-1-3-5-12)13-6-7-14-15(10-13)20-11-19-14;1-3-7-11(8-4-1)12-9-5-2-6-10-12/h1-7,10,16H,8-9,11H2;1-10H. The predicted molar refractivity (Wildman–Crippen MR) is 130 cm³/mol. The minimum atomic E-state index is -3.54. The fraction of sp³-hybridized carbons (Fsp3) is 0.111. The van der Waals surface area contributed by atoms with Gasteiger partial charge < -0.3 is 9.47 Å². The smallest absolute Gasteiger partial charge is 0.240 e. The molecule has 0 atom stereocenters. The molecule has 0 aliphatic carbocycles. The van der Waals surface area contributed by atoms with Crippen LogP contribution in [0.5, 0.6) is 11.5 Å². The number of benzene rings is 4. The van der Waals surface area contributed by atoms with Crippen LogP contribution >= 0.6 is 0 Å². The first-order valence-electron chi connectivity index (χ1n) is 10.7. The summed E-state index contributed by atoms with van der Waals surface area (Å²) in [7, 11) is -3.54. The van der Waals surface area contributed by atoms with Gasteiger partial charge in [-0.1, -0.05) is 91.0 Å². The van der Waals surface area contributed by atoms with Crippen LogP contribution in [0.3, 0.4) is 0 Å². The Morgan fingerprint density at radius 2 is 1.21 bits per heavy atom. The van der Waals surface area contributed by atoms with Gasteiger partial charge >= 0.3 is 0 Å². The molecule has 168 valence electrons. The zero-order chi connectivity index (χ0) is 22.9. The van der Waals surface area contributed by atoms with Crippen LogP contribution in [0.15, 0.2) is 114 Å². The topological polar surface area (TPSA) is 64.6 Å². The lowest BCUT2D eigenvalue weighted by molar-refractivity contribution is 0.174. The molecule has 5 rings (SSSR count). The van der Waals surface area contributed by atoms with Gasteiger partial charge in [0.05, 0.1) is 4.90 Å². The van der Waals surface area contributed by atoms with Crippen molar-refractivity contribution in [3.63, 3.8) is 0 Å². The molecule has 1 N–H and O–H groups in total. The summed E-state index contributed by atoms with van der Waals surface area (Å²) < 4.78 is 37.4. The monoisotopic (exact) mass is 459 g/mol. The van der Waals surface area contributed by atoms with E-state index < -0.39 is 10.0 Å². The van der Waals surface area contributed by atoms with E-state index in [4.69, 9.17) is 9.47 Å². The molecule has 0 spiro atoms. The average Bonchev–Trinajstić information content (AvgIpc) is 3.34. The first-order chi connectivity index (χ1) is 16.1. The number of ether oxygens (including phenoxy) is 2. The largest absolute Gasteiger partial charge is 0.454 e. The first-order valence-corrected chi connectivity index (χ1v) is 12.1. The Hall–Kier alpha value is -3.61. The Bertz CT molecular complexity index is 1220. The molecule has 0 bridgehead atoms. The summed E-state index contributed by atoms with van der Waals surface area (Å²) in [6.45, 7) is 0.473. The maximum atomic E-state index is 12.2. The van der Waals surface area contributed by atoms with E-state index in [2.05, 4.69) is 53.3 Å². The summed E-state index contributed by atoms with van der Waals surface area (Å²) in [5.74, 6) is 1.03. The van der Waals surface area contributed by atoms with Crippen molar-refractivity contribution < 1.29 is 17.9 Å². The highest BCUT2D eigenvalue weighted by molar-refractivity contribution is 7.89. The summed E-state index contributed by atoms with van der Waals surface area (Å²) in [6, 6.07) is 35.1. The van der Waals surface area contributed by atoms with Gasteiger partial charge in [0.15, 0.2) is 11.5 Å². The number of hydrogen-bond acceptors (Lipinski definition) is 4. The first kappa shape index (κ1) is 22.6. The number of sulfonamides is 1. The Kier molecular flexibility index (Phi) is 7.40. The molecule has 0 saturated heterocycles. The molecule has 4 aromatic rings. The van der Waals surface area contributed by atoms with Crippen molar-refractivity contribution in [1.82, 2.24) is 4.72 Å². The Morgan fingerprint density at radius 1 is 0.667 bits per heavy atom. The molecule has 0 saturated carbocycles. The summed E-state index contributed by atoms with van der Waals surface area (Å²) in [6.07, 6.45) is 0.643. The lowest BCUT2D eigenvalue weighted by atomic mass is 10.1. The highest BCUT2D eigenvalue weighted by atomic mass is 32.2. The lowest BCUT2D eigenvalue weighted by Crippen LogP contribution is -2.25. The van der Waals surface area contributed by atoms with Crippen LogP contribution in [0.1, 0.15) is 5.56 Å². The van der Waals surface area contributed by atoms with E-state index in [1.54, 1.807) is 6.07 Å². The van der Waals surface area contributed by atoms with E-state index in [0.717, 1.165) is 5.56 Å². The fourth-order valence-corrected chi connectivity index (χ4v) is 4.41. The van der Waals surface area contributed by atoms with Gasteiger partial charge in [0, 0.05) is 12.6 Å². The third-order valence-corrected chi connectivity index (χ3v) is 6.54. The average molecular weight is 460 g/mol. The van der Waals surface area contributed by atoms with E-state index in [9.17, 15) is 8.42 Å². The van der Waals surface area contributed by atoms with Crippen LogP contribution in [-0.2, 0) is 16.4 Å². The molecule has 0 fully saturated rings. The Balaban J connectivity index is 0.000000183. The van der Waals surface area contributed by atoms with Gasteiger partial charge in [-0.3, -0.25) is 0 Å². The number of rotatable bonds is 6. The summed E-state index contributed by atoms with van der Waals surface area (Å²) in [4.78, 5) is 0.180. The predicted octanol–water partition coefficient (Wildman–Crippen LogP) is 5.29. The second-order valence-electron chi connectivity index (χ2n) is 7.38. The molecule has 6 heteroatoms. The van der Waals surface area contributed by atoms with Crippen LogP contribution in [0, 0.1) is 0 Å². The van der Waals surface area contributed by atoms with Crippen molar-refractivity contribution in [1.29, 1.82) is 0 Å². The summed E-state index contributed by atoms with van der Waals surface area (Å²) >= 11 is 0. The van der Waals surface area contributed by atoms with Gasteiger partial charge in [0.25, 0.3) is 0 Å². The normalized spacial score (nSPS) is 12.0. The third-order valence-electron chi connectivity index (χ3n) is 5.08. The Morgan fingerprint density at radius 3 is 1.82 bits per heavy atom. The van der Waals surface area contributed by atoms with E-state index in [1.807, 2.05) is 42.5 Å². The van der Waals surface area contributed by atoms with Gasteiger partial charge in [0.1, 0.15) is 0 Å². The Labute approximate surface area is 194 Å². The minimum absolute atomic E-state index is 0.125. The van der Waals surface area contributed by atoms with Crippen molar-refractivity contribution in [3.05, 3.63) is 115 Å². The van der Waals surface area contributed by atoms with E-state index in [0.29, 0.717) is 24.5 Å². The van der Waals surface area contributed by atoms with Gasteiger partial charge in [0.2, 0.25) is 16.8 Å². The highest BCUT2D eigenvalue weighted by Crippen LogP contribution is 2.33. The molecule has 0 aromatic heterocycles. The summed E-state index contributed by atoms with van der Waals surface area (Å²) in [5, 5.41) is 0.